The summed E-state index contributed by atoms with van der Waals surface area (Å²) in [7, 11) is 7.93. The summed E-state index contributed by atoms with van der Waals surface area (Å²) in [5.41, 5.74) is 0. The van der Waals surface area contributed by atoms with Gasteiger partial charge in [0.05, 0.1) is 12.2 Å². The molecule has 0 aliphatic heterocycles. The maximum absolute atomic E-state index is 9.68. The van der Waals surface area contributed by atoms with Crippen LogP contribution in [0.5, 0.6) is 0 Å². The van der Waals surface area contributed by atoms with Gasteiger partial charge in [-0.25, -0.2) is 0 Å². The molecular formula is C14H32N2O2. The van der Waals surface area contributed by atoms with Crippen molar-refractivity contribution >= 4 is 0 Å². The van der Waals surface area contributed by atoms with E-state index in [-0.39, 0.29) is 12.2 Å². The maximum atomic E-state index is 9.68. The minimum absolute atomic E-state index is 0.195. The Labute approximate surface area is 113 Å². The van der Waals surface area contributed by atoms with Gasteiger partial charge in [-0.2, -0.15) is 0 Å². The predicted molar refractivity (Wildman–Crippen MR) is 76.8 cm³/mol. The van der Waals surface area contributed by atoms with Gasteiger partial charge in [-0.3, -0.25) is 0 Å². The third-order valence-corrected chi connectivity index (χ3v) is 2.98. The Morgan fingerprint density at radius 3 is 1.28 bits per heavy atom. The maximum Gasteiger partial charge on any atom is 0.0666 e. The molecule has 0 aliphatic rings. The van der Waals surface area contributed by atoms with Crippen LogP contribution in [0, 0.1) is 0 Å². The van der Waals surface area contributed by atoms with E-state index < -0.39 is 0 Å². The molecule has 0 aromatic carbocycles. The van der Waals surface area contributed by atoms with E-state index in [1.54, 1.807) is 0 Å². The molecular weight excluding hydrogens is 228 g/mol. The van der Waals surface area contributed by atoms with Gasteiger partial charge < -0.3 is 20.0 Å². The lowest BCUT2D eigenvalue weighted by Gasteiger charge is -2.16. The Bertz CT molecular complexity index is 167. The number of hydrogen-bond donors (Lipinski definition) is 2. The van der Waals surface area contributed by atoms with Crippen LogP contribution in [0.3, 0.4) is 0 Å². The molecule has 0 aliphatic carbocycles. The fourth-order valence-corrected chi connectivity index (χ4v) is 2.14. The lowest BCUT2D eigenvalue weighted by Crippen LogP contribution is -2.25. The van der Waals surface area contributed by atoms with Crippen LogP contribution in [0.4, 0.5) is 0 Å². The van der Waals surface area contributed by atoms with Crippen molar-refractivity contribution in [3.63, 3.8) is 0 Å². The molecule has 0 rings (SSSR count). The van der Waals surface area contributed by atoms with E-state index in [9.17, 15) is 10.2 Å². The number of hydrogen-bond acceptors (Lipinski definition) is 4. The lowest BCUT2D eigenvalue weighted by atomic mass is 10.1. The van der Waals surface area contributed by atoms with Gasteiger partial charge in [0.25, 0.3) is 0 Å². The van der Waals surface area contributed by atoms with Gasteiger partial charge in [0.1, 0.15) is 0 Å². The number of rotatable bonds is 11. The molecule has 2 N–H and O–H groups in total. The molecule has 0 spiro atoms. The summed E-state index contributed by atoms with van der Waals surface area (Å²) in [5, 5.41) is 19.4. The molecule has 0 radical (unpaired) electrons. The average molecular weight is 260 g/mol. The third kappa shape index (κ3) is 12.3. The minimum Gasteiger partial charge on any atom is -0.392 e. The van der Waals surface area contributed by atoms with E-state index in [4.69, 9.17) is 0 Å². The second-order valence-corrected chi connectivity index (χ2v) is 5.82. The van der Waals surface area contributed by atoms with Crippen molar-refractivity contribution in [2.45, 2.75) is 50.7 Å². The highest BCUT2D eigenvalue weighted by molar-refractivity contribution is 4.61. The smallest absolute Gasteiger partial charge is 0.0666 e. The van der Waals surface area contributed by atoms with Crippen LogP contribution in [-0.4, -0.2) is 73.5 Å². The van der Waals surface area contributed by atoms with Gasteiger partial charge in [0, 0.05) is 13.1 Å². The Morgan fingerprint density at radius 1 is 0.667 bits per heavy atom. The van der Waals surface area contributed by atoms with Gasteiger partial charge in [-0.1, -0.05) is 25.7 Å². The molecule has 4 heteroatoms. The normalized spacial score (nSPS) is 15.3. The zero-order valence-corrected chi connectivity index (χ0v) is 12.6. The fourth-order valence-electron chi connectivity index (χ4n) is 2.14. The van der Waals surface area contributed by atoms with E-state index in [1.807, 2.05) is 38.0 Å². The first-order valence-electron chi connectivity index (χ1n) is 7.07. The summed E-state index contributed by atoms with van der Waals surface area (Å²) in [5.74, 6) is 0. The van der Waals surface area contributed by atoms with Crippen LogP contribution < -0.4 is 0 Å². The second kappa shape index (κ2) is 10.7. The summed E-state index contributed by atoms with van der Waals surface area (Å²) in [6, 6.07) is 0. The standard InChI is InChI=1S/C14H32N2O2/c1-15(2)11-13(17)9-7-5-6-8-10-14(18)12-16(3)4/h13-14,17-18H,5-12H2,1-4H3. The van der Waals surface area contributed by atoms with Gasteiger partial charge in [-0.15, -0.1) is 0 Å². The molecule has 2 unspecified atom stereocenters. The highest BCUT2D eigenvalue weighted by Crippen LogP contribution is 2.09. The Hall–Kier alpha value is -0.160. The average Bonchev–Trinajstić information content (AvgIpc) is 2.20. The van der Waals surface area contributed by atoms with Gasteiger partial charge in [0.2, 0.25) is 0 Å². The minimum atomic E-state index is -0.195. The van der Waals surface area contributed by atoms with Crippen LogP contribution in [0.2, 0.25) is 0 Å². The Kier molecular flexibility index (Phi) is 10.6. The lowest BCUT2D eigenvalue weighted by molar-refractivity contribution is 0.121. The summed E-state index contributed by atoms with van der Waals surface area (Å²) in [6.45, 7) is 1.50. The molecule has 110 valence electrons. The first kappa shape index (κ1) is 17.8. The largest absolute Gasteiger partial charge is 0.392 e. The Morgan fingerprint density at radius 2 is 1.00 bits per heavy atom. The van der Waals surface area contributed by atoms with Gasteiger partial charge in [-0.05, 0) is 41.0 Å². The summed E-state index contributed by atoms with van der Waals surface area (Å²) >= 11 is 0. The zero-order chi connectivity index (χ0) is 14.0. The molecule has 4 nitrogen and oxygen atoms in total. The second-order valence-electron chi connectivity index (χ2n) is 5.82. The predicted octanol–water partition coefficient (Wildman–Crippen LogP) is 1.17. The van der Waals surface area contributed by atoms with Crippen molar-refractivity contribution < 1.29 is 10.2 Å². The number of unbranched alkanes of at least 4 members (excludes halogenated alkanes) is 3. The highest BCUT2D eigenvalue weighted by atomic mass is 16.3. The summed E-state index contributed by atoms with van der Waals surface area (Å²) in [4.78, 5) is 4.03. The molecule has 0 heterocycles. The summed E-state index contributed by atoms with van der Waals surface area (Å²) in [6.07, 6.45) is 5.85. The van der Waals surface area contributed by atoms with Crippen molar-refractivity contribution in [2.75, 3.05) is 41.3 Å². The van der Waals surface area contributed by atoms with Gasteiger partial charge in [0.15, 0.2) is 0 Å². The van der Waals surface area contributed by atoms with Crippen LogP contribution in [0.25, 0.3) is 0 Å². The van der Waals surface area contributed by atoms with Crippen LogP contribution in [-0.2, 0) is 0 Å². The highest BCUT2D eigenvalue weighted by Gasteiger charge is 2.06. The quantitative estimate of drug-likeness (QED) is 0.548. The molecule has 0 bridgehead atoms. The molecule has 0 aromatic rings. The molecule has 0 fully saturated rings. The van der Waals surface area contributed by atoms with Crippen LogP contribution >= 0.6 is 0 Å². The molecule has 0 aromatic heterocycles. The van der Waals surface area contributed by atoms with E-state index in [1.165, 1.54) is 0 Å². The van der Waals surface area contributed by atoms with Crippen molar-refractivity contribution in [3.8, 4) is 0 Å². The first-order valence-corrected chi connectivity index (χ1v) is 7.07. The van der Waals surface area contributed by atoms with Crippen molar-refractivity contribution in [3.05, 3.63) is 0 Å². The molecule has 0 saturated heterocycles. The van der Waals surface area contributed by atoms with Crippen molar-refractivity contribution in [1.82, 2.24) is 9.80 Å². The SMILES string of the molecule is CN(C)CC(O)CCCCCCC(O)CN(C)C. The van der Waals surface area contributed by atoms with E-state index in [0.717, 1.165) is 51.6 Å². The topological polar surface area (TPSA) is 46.9 Å². The molecule has 0 amide bonds. The van der Waals surface area contributed by atoms with Crippen molar-refractivity contribution in [2.24, 2.45) is 0 Å². The van der Waals surface area contributed by atoms with E-state index in [0.29, 0.717) is 0 Å². The first-order chi connectivity index (χ1) is 8.41. The monoisotopic (exact) mass is 260 g/mol. The number of aliphatic hydroxyl groups excluding tert-OH is 2. The third-order valence-electron chi connectivity index (χ3n) is 2.98. The summed E-state index contributed by atoms with van der Waals surface area (Å²) < 4.78 is 0. The fraction of sp³-hybridized carbons (Fsp3) is 1.00. The number of likely N-dealkylation sites (N-methyl/N-ethyl adjacent to an activating group) is 2. The molecule has 0 saturated carbocycles. The van der Waals surface area contributed by atoms with Crippen LogP contribution in [0.15, 0.2) is 0 Å². The zero-order valence-electron chi connectivity index (χ0n) is 12.6. The number of aliphatic hydroxyl groups is 2. The molecule has 2 atom stereocenters. The van der Waals surface area contributed by atoms with E-state index in [2.05, 4.69) is 0 Å². The van der Waals surface area contributed by atoms with Gasteiger partial charge >= 0.3 is 0 Å². The molecule has 18 heavy (non-hydrogen) atoms. The van der Waals surface area contributed by atoms with Crippen LogP contribution in [0.1, 0.15) is 38.5 Å². The number of nitrogens with zero attached hydrogens (tertiary/aromatic N) is 2. The Balaban J connectivity index is 3.30. The van der Waals surface area contributed by atoms with Crippen molar-refractivity contribution in [1.29, 1.82) is 0 Å². The van der Waals surface area contributed by atoms with E-state index >= 15 is 0 Å².